The van der Waals surface area contributed by atoms with Crippen molar-refractivity contribution < 1.29 is 22.8 Å². The second-order valence-electron chi connectivity index (χ2n) is 3.94. The Labute approximate surface area is 109 Å². The maximum Gasteiger partial charge on any atom is 0.443 e. The third kappa shape index (κ3) is 2.06. The van der Waals surface area contributed by atoms with Crippen LogP contribution in [0.25, 0.3) is 0 Å². The Morgan fingerprint density at radius 1 is 1.42 bits per heavy atom. The van der Waals surface area contributed by atoms with Crippen molar-refractivity contribution in [3.8, 4) is 0 Å². The molecule has 2 rings (SSSR count). The summed E-state index contributed by atoms with van der Waals surface area (Å²) >= 11 is 0.402. The number of rotatable bonds is 2. The molecule has 0 saturated carbocycles. The monoisotopic (exact) mass is 294 g/mol. The third-order valence-electron chi connectivity index (χ3n) is 2.69. The summed E-state index contributed by atoms with van der Waals surface area (Å²) < 4.78 is 37.8. The molecular formula is C9H9F3N4O2S. The van der Waals surface area contributed by atoms with Crippen LogP contribution in [-0.2, 0) is 16.5 Å². The number of nitrogens with one attached hydrogen (secondary N) is 2. The lowest BCUT2D eigenvalue weighted by atomic mass is 9.95. The molecule has 1 aliphatic heterocycles. The highest BCUT2D eigenvalue weighted by Gasteiger charge is 2.50. The van der Waals surface area contributed by atoms with Crippen molar-refractivity contribution in [2.45, 2.75) is 18.6 Å². The van der Waals surface area contributed by atoms with Gasteiger partial charge in [-0.3, -0.25) is 10.1 Å². The van der Waals surface area contributed by atoms with E-state index in [1.165, 1.54) is 6.92 Å². The molecule has 0 aromatic carbocycles. The third-order valence-corrected chi connectivity index (χ3v) is 3.71. The minimum atomic E-state index is -4.61. The summed E-state index contributed by atoms with van der Waals surface area (Å²) in [5.74, 6) is -0.804. The summed E-state index contributed by atoms with van der Waals surface area (Å²) in [6.07, 6.45) is -4.61. The van der Waals surface area contributed by atoms with Crippen LogP contribution >= 0.6 is 11.3 Å². The molecule has 0 bridgehead atoms. The van der Waals surface area contributed by atoms with E-state index in [1.54, 1.807) is 0 Å². The van der Waals surface area contributed by atoms with Crippen LogP contribution in [0.4, 0.5) is 18.0 Å². The molecule has 104 valence electrons. The van der Waals surface area contributed by atoms with Gasteiger partial charge in [0.25, 0.3) is 5.91 Å². The van der Waals surface area contributed by atoms with Crippen LogP contribution in [0, 0.1) is 6.92 Å². The normalized spacial score (nSPS) is 23.4. The lowest BCUT2D eigenvalue weighted by Crippen LogP contribution is -2.50. The van der Waals surface area contributed by atoms with Gasteiger partial charge in [0.1, 0.15) is 0 Å². The van der Waals surface area contributed by atoms with Crippen LogP contribution in [-0.4, -0.2) is 23.5 Å². The van der Waals surface area contributed by atoms with E-state index < -0.39 is 28.7 Å². The van der Waals surface area contributed by atoms with E-state index in [-0.39, 0.29) is 17.1 Å². The molecule has 1 aromatic heterocycles. The summed E-state index contributed by atoms with van der Waals surface area (Å²) in [5, 5.41) is 3.11. The first-order chi connectivity index (χ1) is 8.70. The molecule has 3 amide bonds. The number of aryl methyl sites for hydroxylation is 1. The highest BCUT2D eigenvalue weighted by atomic mass is 32.1. The Morgan fingerprint density at radius 3 is 2.42 bits per heavy atom. The molecule has 10 heteroatoms. The van der Waals surface area contributed by atoms with E-state index in [4.69, 9.17) is 5.73 Å². The average molecular weight is 294 g/mol. The first kappa shape index (κ1) is 13.7. The molecule has 1 saturated heterocycles. The Kier molecular flexibility index (Phi) is 3.01. The lowest BCUT2D eigenvalue weighted by Gasteiger charge is -2.22. The number of hydrogen-bond acceptors (Lipinski definition) is 5. The van der Waals surface area contributed by atoms with E-state index in [9.17, 15) is 22.8 Å². The van der Waals surface area contributed by atoms with Crippen LogP contribution in [0.2, 0.25) is 0 Å². The number of alkyl halides is 3. The number of hydrogen-bond donors (Lipinski definition) is 3. The summed E-state index contributed by atoms with van der Waals surface area (Å²) in [6, 6.07) is -0.809. The minimum Gasteiger partial charge on any atom is -0.327 e. The van der Waals surface area contributed by atoms with Gasteiger partial charge in [-0.05, 0) is 6.92 Å². The molecule has 1 atom stereocenters. The van der Waals surface area contributed by atoms with Crippen molar-refractivity contribution in [2.75, 3.05) is 6.54 Å². The Bertz CT molecular complexity index is 556. The average Bonchev–Trinajstić information content (AvgIpc) is 2.79. The van der Waals surface area contributed by atoms with E-state index in [1.807, 2.05) is 5.32 Å². The topological polar surface area (TPSA) is 97.1 Å². The van der Waals surface area contributed by atoms with Crippen molar-refractivity contribution in [2.24, 2.45) is 5.73 Å². The van der Waals surface area contributed by atoms with Gasteiger partial charge in [-0.15, -0.1) is 11.3 Å². The number of amides is 3. The maximum atomic E-state index is 12.6. The van der Waals surface area contributed by atoms with E-state index in [0.717, 1.165) is 0 Å². The van der Waals surface area contributed by atoms with Gasteiger partial charge in [-0.1, -0.05) is 0 Å². The number of carbonyl (C=O) groups excluding carboxylic acids is 2. The van der Waals surface area contributed by atoms with E-state index in [2.05, 4.69) is 10.3 Å². The summed E-state index contributed by atoms with van der Waals surface area (Å²) in [4.78, 5) is 26.5. The predicted molar refractivity (Wildman–Crippen MR) is 59.3 cm³/mol. The standard InChI is InChI=1S/C9H9F3N4O2S/c1-3-4(14-6(19-3)9(10,11)12)8(2-13)5(17)15-7(18)16-8/h2,13H2,1H3,(H2,15,16,17,18)/t8-/m1/s1. The van der Waals surface area contributed by atoms with Gasteiger partial charge in [0.2, 0.25) is 0 Å². The van der Waals surface area contributed by atoms with Gasteiger partial charge in [0.15, 0.2) is 10.5 Å². The zero-order chi connectivity index (χ0) is 14.4. The van der Waals surface area contributed by atoms with E-state index >= 15 is 0 Å². The highest BCUT2D eigenvalue weighted by molar-refractivity contribution is 7.11. The second-order valence-corrected chi connectivity index (χ2v) is 5.14. The van der Waals surface area contributed by atoms with Gasteiger partial charge >= 0.3 is 12.2 Å². The molecule has 6 nitrogen and oxygen atoms in total. The second kappa shape index (κ2) is 4.17. The van der Waals surface area contributed by atoms with Crippen LogP contribution < -0.4 is 16.4 Å². The Morgan fingerprint density at radius 2 is 2.05 bits per heavy atom. The van der Waals surface area contributed by atoms with Gasteiger partial charge in [-0.2, -0.15) is 13.2 Å². The van der Waals surface area contributed by atoms with Gasteiger partial charge in [0.05, 0.1) is 5.69 Å². The van der Waals surface area contributed by atoms with Crippen molar-refractivity contribution in [3.63, 3.8) is 0 Å². The molecule has 19 heavy (non-hydrogen) atoms. The van der Waals surface area contributed by atoms with Crippen molar-refractivity contribution in [1.82, 2.24) is 15.6 Å². The zero-order valence-corrected chi connectivity index (χ0v) is 10.4. The first-order valence-electron chi connectivity index (χ1n) is 5.09. The molecule has 0 unspecified atom stereocenters. The van der Waals surface area contributed by atoms with Crippen molar-refractivity contribution >= 4 is 23.3 Å². The largest absolute Gasteiger partial charge is 0.443 e. The van der Waals surface area contributed by atoms with Gasteiger partial charge in [0, 0.05) is 11.4 Å². The number of urea groups is 1. The zero-order valence-electron chi connectivity index (χ0n) is 9.59. The smallest absolute Gasteiger partial charge is 0.327 e. The van der Waals surface area contributed by atoms with Crippen molar-refractivity contribution in [1.29, 1.82) is 0 Å². The number of nitrogens with zero attached hydrogens (tertiary/aromatic N) is 1. The summed E-state index contributed by atoms with van der Waals surface area (Å²) in [6.45, 7) is 1.00. The molecule has 1 aliphatic rings. The number of thiazole rings is 1. The van der Waals surface area contributed by atoms with E-state index in [0.29, 0.717) is 11.3 Å². The van der Waals surface area contributed by atoms with Gasteiger partial charge < -0.3 is 11.1 Å². The first-order valence-corrected chi connectivity index (χ1v) is 5.91. The fraction of sp³-hybridized carbons (Fsp3) is 0.444. The van der Waals surface area contributed by atoms with Crippen LogP contribution in [0.1, 0.15) is 15.6 Å². The quantitative estimate of drug-likeness (QED) is 0.690. The molecular weight excluding hydrogens is 285 g/mol. The number of halogens is 3. The Balaban J connectivity index is 2.54. The molecule has 2 heterocycles. The summed E-state index contributed by atoms with van der Waals surface area (Å²) in [5.41, 5.74) is 3.54. The fourth-order valence-corrected chi connectivity index (χ4v) is 2.67. The fourth-order valence-electron chi connectivity index (χ4n) is 1.81. The number of nitrogens with two attached hydrogens (primary N) is 1. The number of imide groups is 1. The number of carbonyl (C=O) groups is 2. The minimum absolute atomic E-state index is 0.171. The van der Waals surface area contributed by atoms with Crippen LogP contribution in [0.15, 0.2) is 0 Å². The number of aromatic nitrogens is 1. The van der Waals surface area contributed by atoms with Crippen LogP contribution in [0.3, 0.4) is 0 Å². The maximum absolute atomic E-state index is 12.6. The molecule has 0 spiro atoms. The molecule has 0 radical (unpaired) electrons. The van der Waals surface area contributed by atoms with Crippen molar-refractivity contribution in [3.05, 3.63) is 15.6 Å². The van der Waals surface area contributed by atoms with Gasteiger partial charge in [-0.25, -0.2) is 9.78 Å². The van der Waals surface area contributed by atoms with Crippen LogP contribution in [0.5, 0.6) is 0 Å². The molecule has 4 N–H and O–H groups in total. The molecule has 1 aromatic rings. The molecule has 1 fully saturated rings. The predicted octanol–water partition coefficient (Wildman–Crippen LogP) is 0.464. The summed E-state index contributed by atoms with van der Waals surface area (Å²) in [7, 11) is 0. The lowest BCUT2D eigenvalue weighted by molar-refractivity contribution is -0.138. The highest BCUT2D eigenvalue weighted by Crippen LogP contribution is 2.37. The Hall–Kier alpha value is -1.68. The SMILES string of the molecule is Cc1sc(C(F)(F)F)nc1[C@@]1(CN)NC(=O)NC1=O. The molecule has 0 aliphatic carbocycles.